The maximum atomic E-state index is 13.8. The van der Waals surface area contributed by atoms with Gasteiger partial charge in [-0.3, -0.25) is 4.79 Å². The number of Topliss-reactive ketones (excluding diaryl/α,β-unsaturated/α-hetero) is 1. The highest BCUT2D eigenvalue weighted by atomic mass is 16.5. The molecule has 3 aromatic rings. The van der Waals surface area contributed by atoms with Crippen molar-refractivity contribution in [2.75, 3.05) is 33.9 Å². The first kappa shape index (κ1) is 32.9. The Morgan fingerprint density at radius 2 is 1.95 bits per heavy atom. The van der Waals surface area contributed by atoms with E-state index in [0.717, 1.165) is 57.9 Å². The smallest absolute Gasteiger partial charge is 0.216 e. The van der Waals surface area contributed by atoms with Crippen molar-refractivity contribution in [3.8, 4) is 28.5 Å². The fourth-order valence-electron chi connectivity index (χ4n) is 5.23. The third-order valence-electron chi connectivity index (χ3n) is 7.91. The van der Waals surface area contributed by atoms with Crippen LogP contribution in [0, 0.1) is 5.92 Å². The highest BCUT2D eigenvalue weighted by Crippen LogP contribution is 2.38. The topological polar surface area (TPSA) is 85.5 Å². The highest BCUT2D eigenvalue weighted by molar-refractivity contribution is 6.22. The van der Waals surface area contributed by atoms with Crippen molar-refractivity contribution < 1.29 is 19.0 Å². The zero-order valence-corrected chi connectivity index (χ0v) is 26.5. The van der Waals surface area contributed by atoms with Crippen LogP contribution in [0.2, 0.25) is 0 Å². The van der Waals surface area contributed by atoms with E-state index in [0.29, 0.717) is 18.9 Å². The monoisotopic (exact) mass is 575 g/mol. The molecule has 0 amide bonds. The quantitative estimate of drug-likeness (QED) is 0.161. The number of allylic oxidation sites excluding steroid dienone is 2. The number of fused-ring (bicyclic) bond motifs is 1. The van der Waals surface area contributed by atoms with Gasteiger partial charge in [-0.2, -0.15) is 5.10 Å². The number of nitrogens with one attached hydrogen (secondary N) is 2. The van der Waals surface area contributed by atoms with E-state index < -0.39 is 0 Å². The van der Waals surface area contributed by atoms with E-state index >= 15 is 0 Å². The number of aromatic nitrogens is 2. The Hall–Kier alpha value is -3.58. The predicted octanol–water partition coefficient (Wildman–Crippen LogP) is 7.62. The molecule has 0 aliphatic carbocycles. The molecule has 228 valence electrons. The molecule has 1 aliphatic rings. The molecule has 0 saturated heterocycles. The lowest BCUT2D eigenvalue weighted by molar-refractivity contribution is -0.118. The van der Waals surface area contributed by atoms with Gasteiger partial charge in [0.25, 0.3) is 0 Å². The van der Waals surface area contributed by atoms with Gasteiger partial charge in [-0.25, -0.2) is 5.10 Å². The second-order valence-corrected chi connectivity index (χ2v) is 10.7. The molecule has 2 N–H and O–H groups in total. The lowest BCUT2D eigenvalue weighted by Crippen LogP contribution is -2.29. The van der Waals surface area contributed by atoms with Crippen LogP contribution in [0.25, 0.3) is 16.7 Å². The summed E-state index contributed by atoms with van der Waals surface area (Å²) in [5, 5.41) is 10.3. The van der Waals surface area contributed by atoms with Crippen molar-refractivity contribution in [3.05, 3.63) is 65.4 Å². The third-order valence-corrected chi connectivity index (χ3v) is 7.91. The summed E-state index contributed by atoms with van der Waals surface area (Å²) < 4.78 is 16.7. The lowest BCUT2D eigenvalue weighted by atomic mass is 9.82. The van der Waals surface area contributed by atoms with E-state index in [1.165, 1.54) is 25.8 Å². The van der Waals surface area contributed by atoms with Crippen LogP contribution < -0.4 is 19.5 Å². The van der Waals surface area contributed by atoms with E-state index in [1.54, 1.807) is 20.4 Å². The number of hydrogen-bond donors (Lipinski definition) is 2. The zero-order chi connectivity index (χ0) is 30.5. The number of ketones is 1. The normalized spacial score (nSPS) is 15.1. The van der Waals surface area contributed by atoms with Crippen LogP contribution in [0.5, 0.6) is 17.4 Å². The number of rotatable bonds is 13. The van der Waals surface area contributed by atoms with Gasteiger partial charge in [0.05, 0.1) is 38.5 Å². The maximum Gasteiger partial charge on any atom is 0.216 e. The number of nitrogens with zero attached hydrogens (tertiary/aromatic N) is 1. The number of ether oxygens (including phenoxy) is 3. The first-order chi connectivity index (χ1) is 20.4. The summed E-state index contributed by atoms with van der Waals surface area (Å²) in [6, 6.07) is 12.0. The fourth-order valence-corrected chi connectivity index (χ4v) is 5.23. The van der Waals surface area contributed by atoms with Crippen molar-refractivity contribution in [1.29, 1.82) is 0 Å². The SMILES string of the molecule is C/C=C(/C(=O)C1COc2ccc(OC)cc2C1)c1ccc(-c2cn[nH]c2OC)cc1C(C)CC.CCCCCNCC. The standard InChI is InChI=1S/C28H32N2O4.C7H17N/c1-6-17(3)24-14-18(25-15-29-30-28(25)33-5)8-10-23(24)22(7-2)27(31)20-12-19-13-21(32-4)9-11-26(19)34-16-20;1-3-5-6-7-8-4-2/h7-11,13-15,17,20H,6,12,16H2,1-5H3,(H,29,30);8H,3-7H2,1-2H3/b22-7+;. The van der Waals surface area contributed by atoms with Gasteiger partial charge in [0, 0.05) is 5.57 Å². The molecule has 1 aromatic heterocycles. The minimum absolute atomic E-state index is 0.106. The van der Waals surface area contributed by atoms with Crippen LogP contribution in [0.15, 0.2) is 48.7 Å². The van der Waals surface area contributed by atoms with Crippen molar-refractivity contribution >= 4 is 11.4 Å². The van der Waals surface area contributed by atoms with Gasteiger partial charge in [0.2, 0.25) is 5.88 Å². The molecule has 1 aliphatic heterocycles. The lowest BCUT2D eigenvalue weighted by Gasteiger charge is -2.26. The van der Waals surface area contributed by atoms with Crippen LogP contribution in [0.4, 0.5) is 0 Å². The average Bonchev–Trinajstić information content (AvgIpc) is 3.52. The van der Waals surface area contributed by atoms with Crippen LogP contribution in [0.1, 0.15) is 82.9 Å². The number of hydrogen-bond acceptors (Lipinski definition) is 6. The summed E-state index contributed by atoms with van der Waals surface area (Å²) in [6.45, 7) is 13.3. The first-order valence-corrected chi connectivity index (χ1v) is 15.3. The number of unbranched alkanes of at least 4 members (excludes halogenated alkanes) is 2. The number of H-pyrrole nitrogens is 1. The third kappa shape index (κ3) is 8.25. The maximum absolute atomic E-state index is 13.8. The van der Waals surface area contributed by atoms with Crippen molar-refractivity contribution in [2.24, 2.45) is 5.92 Å². The Morgan fingerprint density at radius 1 is 1.14 bits per heavy atom. The molecular weight excluding hydrogens is 526 g/mol. The Bertz CT molecular complexity index is 1310. The molecule has 0 spiro atoms. The van der Waals surface area contributed by atoms with Crippen LogP contribution in [-0.2, 0) is 11.2 Å². The summed E-state index contributed by atoms with van der Waals surface area (Å²) in [7, 11) is 3.27. The Kier molecular flexibility index (Phi) is 13.1. The molecule has 0 fully saturated rings. The largest absolute Gasteiger partial charge is 0.497 e. The van der Waals surface area contributed by atoms with E-state index in [9.17, 15) is 4.79 Å². The van der Waals surface area contributed by atoms with Gasteiger partial charge in [0.15, 0.2) is 5.78 Å². The Morgan fingerprint density at radius 3 is 2.62 bits per heavy atom. The second-order valence-electron chi connectivity index (χ2n) is 10.7. The molecule has 2 atom stereocenters. The summed E-state index contributed by atoms with van der Waals surface area (Å²) in [5.41, 5.74) is 5.77. The number of carbonyl (C=O) groups excluding carboxylic acids is 1. The molecular formula is C35H49N3O4. The van der Waals surface area contributed by atoms with E-state index in [1.807, 2.05) is 37.3 Å². The second kappa shape index (κ2) is 16.8. The first-order valence-electron chi connectivity index (χ1n) is 15.3. The van der Waals surface area contributed by atoms with Gasteiger partial charge >= 0.3 is 0 Å². The fraction of sp³-hybridized carbons (Fsp3) is 0.486. The van der Waals surface area contributed by atoms with Gasteiger partial charge in [0.1, 0.15) is 11.5 Å². The summed E-state index contributed by atoms with van der Waals surface area (Å²) in [4.78, 5) is 13.8. The summed E-state index contributed by atoms with van der Waals surface area (Å²) in [6.07, 6.45) is 9.32. The number of methoxy groups -OCH3 is 2. The van der Waals surface area contributed by atoms with Crippen LogP contribution in [-0.4, -0.2) is 49.9 Å². The summed E-state index contributed by atoms with van der Waals surface area (Å²) in [5.74, 6) is 2.36. The van der Waals surface area contributed by atoms with E-state index in [2.05, 4.69) is 55.3 Å². The Labute approximate surface area is 252 Å². The van der Waals surface area contributed by atoms with Crippen molar-refractivity contribution in [2.45, 2.75) is 72.6 Å². The highest BCUT2D eigenvalue weighted by Gasteiger charge is 2.30. The van der Waals surface area contributed by atoms with E-state index in [4.69, 9.17) is 14.2 Å². The Balaban J connectivity index is 0.000000531. The summed E-state index contributed by atoms with van der Waals surface area (Å²) >= 11 is 0. The van der Waals surface area contributed by atoms with Crippen molar-refractivity contribution in [3.63, 3.8) is 0 Å². The van der Waals surface area contributed by atoms with Gasteiger partial charge in [-0.05, 0) is 85.6 Å². The van der Waals surface area contributed by atoms with E-state index in [-0.39, 0.29) is 17.6 Å². The zero-order valence-electron chi connectivity index (χ0n) is 26.5. The van der Waals surface area contributed by atoms with Gasteiger partial charge in [-0.15, -0.1) is 0 Å². The van der Waals surface area contributed by atoms with Crippen LogP contribution >= 0.6 is 0 Å². The number of carbonyl (C=O) groups is 1. The molecule has 7 nitrogen and oxygen atoms in total. The molecule has 4 rings (SSSR count). The molecule has 42 heavy (non-hydrogen) atoms. The number of aromatic amines is 1. The van der Waals surface area contributed by atoms with Crippen LogP contribution in [0.3, 0.4) is 0 Å². The van der Waals surface area contributed by atoms with Gasteiger partial charge in [-0.1, -0.05) is 64.8 Å². The molecule has 2 heterocycles. The molecule has 0 radical (unpaired) electrons. The molecule has 0 saturated carbocycles. The molecule has 2 unspecified atom stereocenters. The molecule has 7 heteroatoms. The molecule has 2 aromatic carbocycles. The van der Waals surface area contributed by atoms with Gasteiger partial charge < -0.3 is 19.5 Å². The van der Waals surface area contributed by atoms with Crippen molar-refractivity contribution in [1.82, 2.24) is 15.5 Å². The number of benzene rings is 2. The molecule has 0 bridgehead atoms. The average molecular weight is 576 g/mol. The minimum atomic E-state index is -0.246. The predicted molar refractivity (Wildman–Crippen MR) is 172 cm³/mol. The minimum Gasteiger partial charge on any atom is -0.497 e.